The molecular formula is C20H25N3O2. The topological polar surface area (TPSA) is 58.4 Å². The van der Waals surface area contributed by atoms with Crippen molar-refractivity contribution in [1.82, 2.24) is 14.7 Å². The lowest BCUT2D eigenvalue weighted by Crippen LogP contribution is -2.48. The van der Waals surface area contributed by atoms with Crippen LogP contribution in [0.25, 0.3) is 5.69 Å². The Hall–Kier alpha value is -2.14. The number of piperidine rings is 1. The number of likely N-dealkylation sites (tertiary alicyclic amines) is 1. The second-order valence-electron chi connectivity index (χ2n) is 7.74. The fourth-order valence-electron chi connectivity index (χ4n) is 4.36. The highest BCUT2D eigenvalue weighted by molar-refractivity contribution is 5.71. The molecule has 2 fully saturated rings. The lowest BCUT2D eigenvalue weighted by atomic mass is 9.57. The van der Waals surface area contributed by atoms with Gasteiger partial charge in [-0.15, -0.1) is 0 Å². The van der Waals surface area contributed by atoms with E-state index < -0.39 is 5.97 Å². The zero-order valence-corrected chi connectivity index (χ0v) is 14.7. The van der Waals surface area contributed by atoms with Gasteiger partial charge in [0.25, 0.3) is 0 Å². The number of carboxylic acids is 1. The first kappa shape index (κ1) is 16.3. The second-order valence-corrected chi connectivity index (χ2v) is 7.74. The number of rotatable bonds is 4. The van der Waals surface area contributed by atoms with Crippen molar-refractivity contribution < 1.29 is 9.90 Å². The molecule has 1 aromatic heterocycles. The maximum atomic E-state index is 11.1. The highest BCUT2D eigenvalue weighted by Crippen LogP contribution is 2.52. The fourth-order valence-corrected chi connectivity index (χ4v) is 4.36. The third kappa shape index (κ3) is 3.21. The van der Waals surface area contributed by atoms with E-state index in [0.717, 1.165) is 56.7 Å². The third-order valence-electron chi connectivity index (χ3n) is 6.04. The van der Waals surface area contributed by atoms with Gasteiger partial charge in [-0.05, 0) is 63.2 Å². The molecule has 1 aliphatic heterocycles. The first-order valence-electron chi connectivity index (χ1n) is 9.10. The minimum absolute atomic E-state index is 0.0992. The molecule has 4 rings (SSSR count). The minimum Gasteiger partial charge on any atom is -0.481 e. The molecular weight excluding hydrogens is 314 g/mol. The maximum Gasteiger partial charge on any atom is 0.306 e. The molecule has 1 saturated carbocycles. The predicted octanol–water partition coefficient (Wildman–Crippen LogP) is 3.26. The first-order chi connectivity index (χ1) is 12.0. The van der Waals surface area contributed by atoms with Gasteiger partial charge < -0.3 is 5.11 Å². The van der Waals surface area contributed by atoms with Crippen molar-refractivity contribution in [3.63, 3.8) is 0 Å². The quantitative estimate of drug-likeness (QED) is 0.929. The Balaban J connectivity index is 1.36. The summed E-state index contributed by atoms with van der Waals surface area (Å²) in [5.41, 5.74) is 3.75. The number of aliphatic carboxylic acids is 1. The molecule has 0 atom stereocenters. The molecule has 2 aromatic rings. The summed E-state index contributed by atoms with van der Waals surface area (Å²) in [6, 6.07) is 10.2. The Bertz CT molecular complexity index is 753. The minimum atomic E-state index is -0.614. The number of nitrogens with zero attached hydrogens (tertiary/aromatic N) is 3. The molecule has 132 valence electrons. The molecule has 0 radical (unpaired) electrons. The SMILES string of the molecule is Cc1nn(-c2ccccc2)cc1CN1CCC2(CC1)CC(C(=O)O)C2. The smallest absolute Gasteiger partial charge is 0.306 e. The van der Waals surface area contributed by atoms with Gasteiger partial charge in [-0.1, -0.05) is 18.2 Å². The lowest BCUT2D eigenvalue weighted by Gasteiger charge is -2.51. The van der Waals surface area contributed by atoms with Crippen molar-refractivity contribution in [3.8, 4) is 5.69 Å². The van der Waals surface area contributed by atoms with Crippen LogP contribution in [0.5, 0.6) is 0 Å². The molecule has 25 heavy (non-hydrogen) atoms. The molecule has 1 saturated heterocycles. The van der Waals surface area contributed by atoms with Gasteiger partial charge in [0.1, 0.15) is 0 Å². The number of carbonyl (C=O) groups is 1. The van der Waals surface area contributed by atoms with Gasteiger partial charge in [-0.3, -0.25) is 9.69 Å². The standard InChI is InChI=1S/C20H25N3O2/c1-15-17(14-23(21-15)18-5-3-2-4-6-18)13-22-9-7-20(8-10-22)11-16(12-20)19(24)25/h2-6,14,16H,7-13H2,1H3,(H,24,25). The van der Waals surface area contributed by atoms with Gasteiger partial charge >= 0.3 is 5.97 Å². The van der Waals surface area contributed by atoms with E-state index in [1.807, 2.05) is 22.9 Å². The summed E-state index contributed by atoms with van der Waals surface area (Å²) in [4.78, 5) is 13.5. The van der Waals surface area contributed by atoms with Gasteiger partial charge in [0.2, 0.25) is 0 Å². The molecule has 2 aliphatic rings. The first-order valence-corrected chi connectivity index (χ1v) is 9.10. The number of carboxylic acid groups (broad SMARTS) is 1. The summed E-state index contributed by atoms with van der Waals surface area (Å²) in [5, 5.41) is 13.8. The Morgan fingerprint density at radius 3 is 2.56 bits per heavy atom. The molecule has 5 heteroatoms. The van der Waals surface area contributed by atoms with Crippen molar-refractivity contribution in [2.45, 2.75) is 39.2 Å². The zero-order valence-electron chi connectivity index (χ0n) is 14.7. The summed E-state index contributed by atoms with van der Waals surface area (Å²) in [7, 11) is 0. The summed E-state index contributed by atoms with van der Waals surface area (Å²) in [5.74, 6) is -0.713. The van der Waals surface area contributed by atoms with Crippen LogP contribution in [0.4, 0.5) is 0 Å². The predicted molar refractivity (Wildman–Crippen MR) is 95.6 cm³/mol. The second kappa shape index (κ2) is 6.30. The van der Waals surface area contributed by atoms with E-state index >= 15 is 0 Å². The molecule has 5 nitrogen and oxygen atoms in total. The van der Waals surface area contributed by atoms with Crippen molar-refractivity contribution in [1.29, 1.82) is 0 Å². The number of aromatic nitrogens is 2. The molecule has 2 heterocycles. The Kier molecular flexibility index (Phi) is 4.12. The average molecular weight is 339 g/mol. The van der Waals surface area contributed by atoms with Gasteiger partial charge in [-0.2, -0.15) is 5.10 Å². The largest absolute Gasteiger partial charge is 0.481 e. The Morgan fingerprint density at radius 1 is 1.24 bits per heavy atom. The van der Waals surface area contributed by atoms with Crippen LogP contribution < -0.4 is 0 Å². The fraction of sp³-hybridized carbons (Fsp3) is 0.500. The van der Waals surface area contributed by atoms with Gasteiger partial charge in [0.15, 0.2) is 0 Å². The molecule has 0 unspecified atom stereocenters. The van der Waals surface area contributed by atoms with E-state index in [2.05, 4.69) is 35.3 Å². The zero-order chi connectivity index (χ0) is 17.4. The normalized spacial score (nSPS) is 20.5. The third-order valence-corrected chi connectivity index (χ3v) is 6.04. The Morgan fingerprint density at radius 2 is 1.92 bits per heavy atom. The van der Waals surface area contributed by atoms with Crippen molar-refractivity contribution in [3.05, 3.63) is 47.8 Å². The molecule has 1 aliphatic carbocycles. The lowest BCUT2D eigenvalue weighted by molar-refractivity contribution is -0.152. The van der Waals surface area contributed by atoms with E-state index in [1.54, 1.807) is 0 Å². The van der Waals surface area contributed by atoms with Crippen LogP contribution in [0.15, 0.2) is 36.5 Å². The Labute approximate surface area is 148 Å². The van der Waals surface area contributed by atoms with Crippen LogP contribution in [0.2, 0.25) is 0 Å². The monoisotopic (exact) mass is 339 g/mol. The van der Waals surface area contributed by atoms with E-state index in [4.69, 9.17) is 5.11 Å². The number of aryl methyl sites for hydroxylation is 1. The van der Waals surface area contributed by atoms with Crippen molar-refractivity contribution in [2.75, 3.05) is 13.1 Å². The number of hydrogen-bond donors (Lipinski definition) is 1. The van der Waals surface area contributed by atoms with Crippen LogP contribution in [-0.4, -0.2) is 38.8 Å². The van der Waals surface area contributed by atoms with Gasteiger partial charge in [0.05, 0.1) is 17.3 Å². The van der Waals surface area contributed by atoms with E-state index in [1.165, 1.54) is 5.56 Å². The maximum absolute atomic E-state index is 11.1. The number of benzene rings is 1. The highest BCUT2D eigenvalue weighted by Gasteiger charge is 2.48. The summed E-state index contributed by atoms with van der Waals surface area (Å²) >= 11 is 0. The molecule has 1 aromatic carbocycles. The molecule has 0 bridgehead atoms. The molecule has 1 N–H and O–H groups in total. The van der Waals surface area contributed by atoms with Crippen LogP contribution in [0.1, 0.15) is 36.9 Å². The van der Waals surface area contributed by atoms with E-state index in [0.29, 0.717) is 5.41 Å². The summed E-state index contributed by atoms with van der Waals surface area (Å²) in [6.45, 7) is 5.12. The average Bonchev–Trinajstić information content (AvgIpc) is 2.95. The highest BCUT2D eigenvalue weighted by atomic mass is 16.4. The molecule has 0 amide bonds. The van der Waals surface area contributed by atoms with Crippen LogP contribution in [0.3, 0.4) is 0 Å². The van der Waals surface area contributed by atoms with Crippen molar-refractivity contribution >= 4 is 5.97 Å². The van der Waals surface area contributed by atoms with Crippen molar-refractivity contribution in [2.24, 2.45) is 11.3 Å². The van der Waals surface area contributed by atoms with Crippen LogP contribution in [-0.2, 0) is 11.3 Å². The summed E-state index contributed by atoms with van der Waals surface area (Å²) in [6.07, 6.45) is 6.15. The van der Waals surface area contributed by atoms with Crippen LogP contribution in [0, 0.1) is 18.3 Å². The summed E-state index contributed by atoms with van der Waals surface area (Å²) < 4.78 is 1.96. The van der Waals surface area contributed by atoms with Gasteiger partial charge in [-0.25, -0.2) is 4.68 Å². The number of hydrogen-bond acceptors (Lipinski definition) is 3. The number of para-hydroxylation sites is 1. The van der Waals surface area contributed by atoms with E-state index in [-0.39, 0.29) is 5.92 Å². The van der Waals surface area contributed by atoms with E-state index in [9.17, 15) is 4.79 Å². The molecule has 1 spiro atoms. The van der Waals surface area contributed by atoms with Crippen LogP contribution >= 0.6 is 0 Å². The van der Waals surface area contributed by atoms with Gasteiger partial charge in [0, 0.05) is 18.3 Å².